The second-order valence-electron chi connectivity index (χ2n) is 5.41. The number of hydrogen-bond acceptors (Lipinski definition) is 4. The molecule has 2 rings (SSSR count). The molecule has 0 heterocycles. The van der Waals surface area contributed by atoms with Gasteiger partial charge in [-0.2, -0.15) is 0 Å². The third-order valence-corrected chi connectivity index (χ3v) is 3.15. The summed E-state index contributed by atoms with van der Waals surface area (Å²) < 4.78 is 5.60. The molecule has 25 heavy (non-hydrogen) atoms. The minimum absolute atomic E-state index is 0.00481. The summed E-state index contributed by atoms with van der Waals surface area (Å²) in [6, 6.07) is 13.0. The van der Waals surface area contributed by atoms with Gasteiger partial charge in [0.1, 0.15) is 12.4 Å². The molecule has 0 saturated heterocycles. The zero-order chi connectivity index (χ0) is 18.2. The number of benzene rings is 2. The van der Waals surface area contributed by atoms with Gasteiger partial charge in [0.05, 0.1) is 10.6 Å². The van der Waals surface area contributed by atoms with Gasteiger partial charge in [-0.25, -0.2) is 0 Å². The van der Waals surface area contributed by atoms with E-state index in [-0.39, 0.29) is 11.6 Å². The minimum atomic E-state index is -0.470. The fourth-order valence-corrected chi connectivity index (χ4v) is 1.95. The monoisotopic (exact) mass is 338 g/mol. The number of nitrogens with one attached hydrogen (secondary N) is 1. The smallest absolute Gasteiger partial charge is 0.269 e. The molecular formula is C19H18N2O4. The minimum Gasteiger partial charge on any atom is -0.487 e. The second kappa shape index (κ2) is 8.44. The van der Waals surface area contributed by atoms with Crippen molar-refractivity contribution < 1.29 is 14.5 Å². The van der Waals surface area contributed by atoms with Crippen LogP contribution in [0.15, 0.2) is 66.8 Å². The molecule has 0 radical (unpaired) electrons. The molecule has 0 fully saturated rings. The van der Waals surface area contributed by atoms with Crippen molar-refractivity contribution in [2.24, 2.45) is 0 Å². The predicted octanol–water partition coefficient (Wildman–Crippen LogP) is 4.20. The molecule has 2 aromatic rings. The van der Waals surface area contributed by atoms with Gasteiger partial charge in [0, 0.05) is 18.2 Å². The first kappa shape index (κ1) is 17.9. The Morgan fingerprint density at radius 3 is 2.56 bits per heavy atom. The summed E-state index contributed by atoms with van der Waals surface area (Å²) in [5, 5.41) is 13.4. The highest BCUT2D eigenvalue weighted by Gasteiger charge is 2.06. The van der Waals surface area contributed by atoms with Crippen LogP contribution >= 0.6 is 0 Å². The summed E-state index contributed by atoms with van der Waals surface area (Å²) in [5.74, 6) is 0.229. The maximum absolute atomic E-state index is 12.1. The van der Waals surface area contributed by atoms with Crippen molar-refractivity contribution in [2.45, 2.75) is 6.92 Å². The number of ether oxygens (including phenoxy) is 1. The van der Waals surface area contributed by atoms with Crippen LogP contribution in [0.4, 0.5) is 11.4 Å². The Balaban J connectivity index is 2.02. The first-order valence-electron chi connectivity index (χ1n) is 7.55. The molecule has 0 aliphatic rings. The van der Waals surface area contributed by atoms with Crippen molar-refractivity contribution in [3.05, 3.63) is 82.4 Å². The maximum atomic E-state index is 12.1. The average molecular weight is 338 g/mol. The standard InChI is InChI=1S/C19H18N2O4/c1-14(2)13-25-18-6-4-3-5-17(18)20-19(22)12-9-15-7-10-16(11-8-15)21(23)24/h3-12H,1,13H2,2H3,(H,20,22)/b12-9+. The molecule has 0 unspecified atom stereocenters. The van der Waals surface area contributed by atoms with E-state index in [1.165, 1.54) is 18.2 Å². The Labute approximate surface area is 145 Å². The zero-order valence-electron chi connectivity index (χ0n) is 13.8. The summed E-state index contributed by atoms with van der Waals surface area (Å²) in [6.07, 6.45) is 2.94. The Kier molecular flexibility index (Phi) is 6.06. The van der Waals surface area contributed by atoms with Crippen molar-refractivity contribution >= 4 is 23.4 Å². The lowest BCUT2D eigenvalue weighted by atomic mass is 10.2. The summed E-state index contributed by atoms with van der Waals surface area (Å²) >= 11 is 0. The molecule has 0 spiro atoms. The van der Waals surface area contributed by atoms with Crippen molar-refractivity contribution in [1.29, 1.82) is 0 Å². The Morgan fingerprint density at radius 2 is 1.92 bits per heavy atom. The average Bonchev–Trinajstić information content (AvgIpc) is 2.59. The van der Waals surface area contributed by atoms with Crippen LogP contribution < -0.4 is 10.1 Å². The van der Waals surface area contributed by atoms with Gasteiger partial charge in [0.25, 0.3) is 5.69 Å². The van der Waals surface area contributed by atoms with Crippen LogP contribution in [0.25, 0.3) is 6.08 Å². The third kappa shape index (κ3) is 5.62. The number of hydrogen-bond donors (Lipinski definition) is 1. The molecule has 0 bridgehead atoms. The summed E-state index contributed by atoms with van der Waals surface area (Å²) in [7, 11) is 0. The maximum Gasteiger partial charge on any atom is 0.269 e. The van der Waals surface area contributed by atoms with Crippen LogP contribution in [0.1, 0.15) is 12.5 Å². The van der Waals surface area contributed by atoms with Crippen molar-refractivity contribution in [2.75, 3.05) is 11.9 Å². The van der Waals surface area contributed by atoms with Crippen LogP contribution in [0.3, 0.4) is 0 Å². The highest BCUT2D eigenvalue weighted by Crippen LogP contribution is 2.24. The number of carbonyl (C=O) groups is 1. The quantitative estimate of drug-likeness (QED) is 0.355. The number of anilines is 1. The first-order valence-corrected chi connectivity index (χ1v) is 7.55. The van der Waals surface area contributed by atoms with Gasteiger partial charge < -0.3 is 10.1 Å². The van der Waals surface area contributed by atoms with E-state index in [4.69, 9.17) is 4.74 Å². The number of non-ortho nitro benzene ring substituents is 1. The fourth-order valence-electron chi connectivity index (χ4n) is 1.95. The number of amides is 1. The predicted molar refractivity (Wildman–Crippen MR) is 97.5 cm³/mol. The lowest BCUT2D eigenvalue weighted by molar-refractivity contribution is -0.384. The van der Waals surface area contributed by atoms with E-state index >= 15 is 0 Å². The van der Waals surface area contributed by atoms with Gasteiger partial charge in [-0.15, -0.1) is 0 Å². The van der Waals surface area contributed by atoms with Crippen molar-refractivity contribution in [3.8, 4) is 5.75 Å². The molecule has 0 aliphatic heterocycles. The summed E-state index contributed by atoms with van der Waals surface area (Å²) in [6.45, 7) is 6.00. The van der Waals surface area contributed by atoms with Gasteiger partial charge in [0.2, 0.25) is 5.91 Å². The number of nitro benzene ring substituents is 1. The largest absolute Gasteiger partial charge is 0.487 e. The van der Waals surface area contributed by atoms with Crippen LogP contribution in [-0.2, 0) is 4.79 Å². The molecule has 6 heteroatoms. The lowest BCUT2D eigenvalue weighted by Gasteiger charge is -2.11. The van der Waals surface area contributed by atoms with Crippen LogP contribution in [-0.4, -0.2) is 17.4 Å². The number of rotatable bonds is 7. The second-order valence-corrected chi connectivity index (χ2v) is 5.41. The Bertz CT molecular complexity index is 810. The Morgan fingerprint density at radius 1 is 1.24 bits per heavy atom. The molecule has 0 aliphatic carbocycles. The van der Waals surface area contributed by atoms with E-state index in [1.807, 2.05) is 13.0 Å². The number of para-hydroxylation sites is 2. The van der Waals surface area contributed by atoms with E-state index in [9.17, 15) is 14.9 Å². The lowest BCUT2D eigenvalue weighted by Crippen LogP contribution is -2.10. The van der Waals surface area contributed by atoms with Gasteiger partial charge >= 0.3 is 0 Å². The van der Waals surface area contributed by atoms with E-state index in [2.05, 4.69) is 11.9 Å². The molecule has 0 aromatic heterocycles. The molecule has 6 nitrogen and oxygen atoms in total. The van der Waals surface area contributed by atoms with Crippen LogP contribution in [0.2, 0.25) is 0 Å². The van der Waals surface area contributed by atoms with Gasteiger partial charge in [-0.3, -0.25) is 14.9 Å². The highest BCUT2D eigenvalue weighted by molar-refractivity contribution is 6.02. The molecule has 1 N–H and O–H groups in total. The molecule has 128 valence electrons. The molecular weight excluding hydrogens is 320 g/mol. The van der Waals surface area contributed by atoms with Crippen LogP contribution in [0.5, 0.6) is 5.75 Å². The first-order chi connectivity index (χ1) is 12.0. The number of carbonyl (C=O) groups excluding carboxylic acids is 1. The van der Waals surface area contributed by atoms with Gasteiger partial charge in [-0.1, -0.05) is 18.7 Å². The van der Waals surface area contributed by atoms with E-state index in [0.717, 1.165) is 5.57 Å². The summed E-state index contributed by atoms with van der Waals surface area (Å²) in [5.41, 5.74) is 2.12. The molecule has 0 atom stereocenters. The van der Waals surface area contributed by atoms with Gasteiger partial charge in [0.15, 0.2) is 0 Å². The number of nitro groups is 1. The number of nitrogens with zero attached hydrogens (tertiary/aromatic N) is 1. The third-order valence-electron chi connectivity index (χ3n) is 3.15. The van der Waals surface area contributed by atoms with E-state index in [1.54, 1.807) is 36.4 Å². The fraction of sp³-hybridized carbons (Fsp3) is 0.105. The molecule has 1 amide bonds. The van der Waals surface area contributed by atoms with E-state index in [0.29, 0.717) is 23.6 Å². The van der Waals surface area contributed by atoms with Crippen molar-refractivity contribution in [1.82, 2.24) is 0 Å². The summed E-state index contributed by atoms with van der Waals surface area (Å²) in [4.78, 5) is 22.2. The van der Waals surface area contributed by atoms with E-state index < -0.39 is 4.92 Å². The normalized spacial score (nSPS) is 10.4. The molecule has 0 saturated carbocycles. The van der Waals surface area contributed by atoms with Crippen molar-refractivity contribution in [3.63, 3.8) is 0 Å². The van der Waals surface area contributed by atoms with Gasteiger partial charge in [-0.05, 0) is 48.4 Å². The highest BCUT2D eigenvalue weighted by atomic mass is 16.6. The topological polar surface area (TPSA) is 81.5 Å². The van der Waals surface area contributed by atoms with Crippen LogP contribution in [0, 0.1) is 10.1 Å². The SMILES string of the molecule is C=C(C)COc1ccccc1NC(=O)/C=C/c1ccc([N+](=O)[O-])cc1. The zero-order valence-corrected chi connectivity index (χ0v) is 13.8. The Hall–Kier alpha value is -3.41. The molecule has 2 aromatic carbocycles.